The summed E-state index contributed by atoms with van der Waals surface area (Å²) in [5, 5.41) is 0. The third-order valence-corrected chi connectivity index (χ3v) is 11.5. The fourth-order valence-corrected chi connectivity index (χ4v) is 7.41. The van der Waals surface area contributed by atoms with Crippen molar-refractivity contribution < 1.29 is 23.8 Å². The van der Waals surface area contributed by atoms with Crippen molar-refractivity contribution in [2.24, 2.45) is 0 Å². The van der Waals surface area contributed by atoms with Crippen LogP contribution in [0.1, 0.15) is 239 Å². The van der Waals surface area contributed by atoms with Gasteiger partial charge in [0.2, 0.25) is 0 Å². The molecule has 5 nitrogen and oxygen atoms in total. The first-order valence-electron chi connectivity index (χ1n) is 28.1. The summed E-state index contributed by atoms with van der Waals surface area (Å²) < 4.78 is 17.4. The summed E-state index contributed by atoms with van der Waals surface area (Å²) in [4.78, 5) is 25.5. The lowest BCUT2D eigenvalue weighted by Gasteiger charge is -2.18. The number of carbonyl (C=O) groups is 2. The zero-order valence-electron chi connectivity index (χ0n) is 44.3. The number of ether oxygens (including phenoxy) is 3. The summed E-state index contributed by atoms with van der Waals surface area (Å²) in [5.74, 6) is -0.444. The van der Waals surface area contributed by atoms with Crippen LogP contribution in [0.25, 0.3) is 0 Å². The lowest BCUT2D eigenvalue weighted by Crippen LogP contribution is -2.30. The Morgan fingerprint density at radius 1 is 0.324 bits per heavy atom. The number of esters is 2. The van der Waals surface area contributed by atoms with E-state index in [4.69, 9.17) is 14.2 Å². The number of hydrogen-bond donors (Lipinski definition) is 0. The van der Waals surface area contributed by atoms with Crippen molar-refractivity contribution in [1.29, 1.82) is 0 Å². The second kappa shape index (κ2) is 57.6. The Morgan fingerprint density at radius 3 is 0.985 bits per heavy atom. The fourth-order valence-electron chi connectivity index (χ4n) is 7.41. The number of hydrogen-bond acceptors (Lipinski definition) is 5. The highest BCUT2D eigenvalue weighted by atomic mass is 16.6. The molecule has 0 saturated heterocycles. The van der Waals surface area contributed by atoms with E-state index in [2.05, 4.69) is 142 Å². The van der Waals surface area contributed by atoms with E-state index in [1.54, 1.807) is 0 Å². The van der Waals surface area contributed by atoms with Crippen molar-refractivity contribution in [2.45, 2.75) is 245 Å². The molecule has 0 saturated carbocycles. The van der Waals surface area contributed by atoms with Crippen LogP contribution in [-0.2, 0) is 23.8 Å². The highest BCUT2D eigenvalue weighted by Gasteiger charge is 2.17. The minimum absolute atomic E-state index is 0.0583. The largest absolute Gasteiger partial charge is 0.462 e. The van der Waals surface area contributed by atoms with Crippen molar-refractivity contribution >= 4 is 11.9 Å². The average molecular weight is 942 g/mol. The Balaban J connectivity index is 4.37. The second-order valence-electron chi connectivity index (χ2n) is 18.0. The van der Waals surface area contributed by atoms with Crippen LogP contribution >= 0.6 is 0 Å². The predicted molar refractivity (Wildman–Crippen MR) is 297 cm³/mol. The molecule has 0 radical (unpaired) electrons. The van der Waals surface area contributed by atoms with Crippen molar-refractivity contribution in [2.75, 3.05) is 19.8 Å². The molecule has 0 bridgehead atoms. The first kappa shape index (κ1) is 64.3. The molecular formula is C63H104O5. The standard InChI is InChI=1S/C63H104O5/c1-4-7-10-13-16-19-22-25-28-31-34-37-40-43-46-49-52-55-58-66-59-61(68-63(65)57-54-51-48-45-42-39-36-33-30-27-24-21-18-15-12-9-6-3)60-67-62(64)56-53-50-47-44-41-38-35-32-29-26-23-20-17-14-11-8-5-2/h7-12,16-21,25-30,35,38,61H,4-6,13-15,22-24,31-34,36-37,39-60H2,1-3H3/b10-7-,11-8-,12-9-,19-16-,20-17-,21-18-,28-25-,29-26-,30-27-,38-35-. The van der Waals surface area contributed by atoms with Gasteiger partial charge in [0, 0.05) is 19.4 Å². The molecule has 0 rings (SSSR count). The monoisotopic (exact) mass is 941 g/mol. The Labute approximate surface area is 420 Å². The van der Waals surface area contributed by atoms with Crippen molar-refractivity contribution in [3.8, 4) is 0 Å². The highest BCUT2D eigenvalue weighted by molar-refractivity contribution is 5.70. The van der Waals surface area contributed by atoms with Crippen LogP contribution < -0.4 is 0 Å². The quantitative estimate of drug-likeness (QED) is 0.0345. The number of rotatable bonds is 50. The first-order valence-corrected chi connectivity index (χ1v) is 28.1. The number of allylic oxidation sites excluding steroid dienone is 20. The van der Waals surface area contributed by atoms with E-state index in [0.717, 1.165) is 135 Å². The molecule has 386 valence electrons. The summed E-state index contributed by atoms with van der Waals surface area (Å²) in [7, 11) is 0. The van der Waals surface area contributed by atoms with Gasteiger partial charge in [0.25, 0.3) is 0 Å². The van der Waals surface area contributed by atoms with Gasteiger partial charge in [-0.05, 0) is 122 Å². The van der Waals surface area contributed by atoms with Crippen molar-refractivity contribution in [3.05, 3.63) is 122 Å². The summed E-state index contributed by atoms with van der Waals surface area (Å²) in [5.41, 5.74) is 0. The van der Waals surface area contributed by atoms with Crippen LogP contribution in [0.15, 0.2) is 122 Å². The Kier molecular flexibility index (Phi) is 54.5. The van der Waals surface area contributed by atoms with Gasteiger partial charge in [-0.2, -0.15) is 0 Å². The maximum absolute atomic E-state index is 12.9. The minimum atomic E-state index is -0.565. The van der Waals surface area contributed by atoms with Gasteiger partial charge in [-0.15, -0.1) is 0 Å². The van der Waals surface area contributed by atoms with E-state index < -0.39 is 6.10 Å². The third-order valence-electron chi connectivity index (χ3n) is 11.5. The van der Waals surface area contributed by atoms with Gasteiger partial charge in [-0.3, -0.25) is 9.59 Å². The van der Waals surface area contributed by atoms with Gasteiger partial charge in [0.1, 0.15) is 6.61 Å². The number of unbranched alkanes of at least 4 members (excludes halogenated alkanes) is 19. The summed E-state index contributed by atoms with van der Waals surface area (Å²) >= 11 is 0. The third kappa shape index (κ3) is 54.9. The number of carbonyl (C=O) groups excluding carboxylic acids is 2. The molecule has 0 spiro atoms. The van der Waals surface area contributed by atoms with E-state index in [9.17, 15) is 9.59 Å². The molecule has 0 aliphatic rings. The maximum atomic E-state index is 12.9. The molecular weight excluding hydrogens is 837 g/mol. The normalized spacial score (nSPS) is 13.2. The van der Waals surface area contributed by atoms with Crippen molar-refractivity contribution in [3.63, 3.8) is 0 Å². The smallest absolute Gasteiger partial charge is 0.306 e. The van der Waals surface area contributed by atoms with Crippen LogP contribution in [0.4, 0.5) is 0 Å². The van der Waals surface area contributed by atoms with Gasteiger partial charge in [-0.1, -0.05) is 226 Å². The molecule has 0 N–H and O–H groups in total. The van der Waals surface area contributed by atoms with Gasteiger partial charge in [0.05, 0.1) is 6.61 Å². The Hall–Kier alpha value is -3.70. The molecule has 0 aliphatic heterocycles. The van der Waals surface area contributed by atoms with Crippen LogP contribution in [0.3, 0.4) is 0 Å². The topological polar surface area (TPSA) is 61.8 Å². The van der Waals surface area contributed by atoms with E-state index in [1.165, 1.54) is 70.6 Å². The lowest BCUT2D eigenvalue weighted by molar-refractivity contribution is -0.163. The van der Waals surface area contributed by atoms with Crippen LogP contribution in [0, 0.1) is 0 Å². The Morgan fingerprint density at radius 2 is 0.618 bits per heavy atom. The van der Waals surface area contributed by atoms with E-state index in [1.807, 2.05) is 0 Å². The highest BCUT2D eigenvalue weighted by Crippen LogP contribution is 2.14. The maximum Gasteiger partial charge on any atom is 0.306 e. The summed E-state index contributed by atoms with van der Waals surface area (Å²) in [6.45, 7) is 7.44. The molecule has 68 heavy (non-hydrogen) atoms. The molecule has 0 aromatic carbocycles. The zero-order valence-corrected chi connectivity index (χ0v) is 44.3. The lowest BCUT2D eigenvalue weighted by atomic mass is 10.1. The summed E-state index contributed by atoms with van der Waals surface area (Å²) in [6, 6.07) is 0. The van der Waals surface area contributed by atoms with Gasteiger partial charge in [0.15, 0.2) is 6.10 Å². The van der Waals surface area contributed by atoms with E-state index in [-0.39, 0.29) is 25.2 Å². The van der Waals surface area contributed by atoms with Crippen molar-refractivity contribution in [1.82, 2.24) is 0 Å². The molecule has 0 aliphatic carbocycles. The minimum Gasteiger partial charge on any atom is -0.462 e. The van der Waals surface area contributed by atoms with Crippen LogP contribution in [0.5, 0.6) is 0 Å². The SMILES string of the molecule is CC/C=C\C/C=C\C/C=C\C/C=C\CCCCCCC(=O)OCC(COCCCCCCCCCC/C=C\C/C=C\C/C=C\CC)OC(=O)CCCCCCCCC/C=C\C/C=C\C/C=C\CC. The van der Waals surface area contributed by atoms with Crippen LogP contribution in [-0.4, -0.2) is 37.9 Å². The zero-order chi connectivity index (χ0) is 49.2. The van der Waals surface area contributed by atoms with Crippen LogP contribution in [0.2, 0.25) is 0 Å². The predicted octanol–water partition coefficient (Wildman–Crippen LogP) is 19.3. The van der Waals surface area contributed by atoms with Gasteiger partial charge < -0.3 is 14.2 Å². The average Bonchev–Trinajstić information content (AvgIpc) is 3.34. The van der Waals surface area contributed by atoms with E-state index >= 15 is 0 Å². The molecule has 0 heterocycles. The second-order valence-corrected chi connectivity index (χ2v) is 18.0. The molecule has 0 aromatic rings. The summed E-state index contributed by atoms with van der Waals surface area (Å²) in [6.07, 6.45) is 80.7. The fraction of sp³-hybridized carbons (Fsp3) is 0.651. The molecule has 0 aromatic heterocycles. The van der Waals surface area contributed by atoms with E-state index in [0.29, 0.717) is 19.4 Å². The van der Waals surface area contributed by atoms with Gasteiger partial charge >= 0.3 is 11.9 Å². The molecule has 1 atom stereocenters. The molecule has 0 fully saturated rings. The molecule has 1 unspecified atom stereocenters. The molecule has 0 amide bonds. The first-order chi connectivity index (χ1) is 33.6. The Bertz CT molecular complexity index is 1390. The molecule has 5 heteroatoms. The van der Waals surface area contributed by atoms with Gasteiger partial charge in [-0.25, -0.2) is 0 Å².